The van der Waals surface area contributed by atoms with Crippen LogP contribution in [-0.4, -0.2) is 34.2 Å². The molecule has 8 heteroatoms. The number of benzene rings is 1. The van der Waals surface area contributed by atoms with E-state index in [0.29, 0.717) is 5.69 Å². The number of nitrogens with zero attached hydrogens (tertiary/aromatic N) is 5. The monoisotopic (exact) mass is 359 g/mol. The second kappa shape index (κ2) is 6.36. The number of sulfonamides is 1. The van der Waals surface area contributed by atoms with E-state index in [4.69, 9.17) is 0 Å². The van der Waals surface area contributed by atoms with E-state index in [0.717, 1.165) is 22.6 Å². The second-order valence-corrected chi connectivity index (χ2v) is 7.92. The Morgan fingerprint density at radius 2 is 1.96 bits per heavy atom. The Morgan fingerprint density at radius 1 is 1.20 bits per heavy atom. The zero-order valence-corrected chi connectivity index (χ0v) is 15.5. The molecule has 25 heavy (non-hydrogen) atoms. The summed E-state index contributed by atoms with van der Waals surface area (Å²) in [6.45, 7) is 4.08. The van der Waals surface area contributed by atoms with E-state index in [1.165, 1.54) is 10.6 Å². The highest BCUT2D eigenvalue weighted by atomic mass is 32.2. The Kier molecular flexibility index (Phi) is 4.38. The summed E-state index contributed by atoms with van der Waals surface area (Å²) in [6.07, 6.45) is 4.72. The molecule has 2 heterocycles. The average molecular weight is 359 g/mol. The van der Waals surface area contributed by atoms with Gasteiger partial charge in [0.25, 0.3) is 0 Å². The number of anilines is 1. The van der Waals surface area contributed by atoms with Crippen LogP contribution in [0.5, 0.6) is 0 Å². The molecule has 0 spiro atoms. The third kappa shape index (κ3) is 3.43. The number of hydrogen-bond donors (Lipinski definition) is 0. The molecule has 0 unspecified atom stereocenters. The first-order chi connectivity index (χ1) is 11.8. The van der Waals surface area contributed by atoms with Gasteiger partial charge < -0.3 is 0 Å². The van der Waals surface area contributed by atoms with Gasteiger partial charge in [0.1, 0.15) is 0 Å². The molecule has 0 amide bonds. The van der Waals surface area contributed by atoms with Crippen molar-refractivity contribution in [2.75, 3.05) is 10.6 Å². The van der Waals surface area contributed by atoms with E-state index in [-0.39, 0.29) is 6.54 Å². The van der Waals surface area contributed by atoms with Gasteiger partial charge in [-0.2, -0.15) is 10.2 Å². The highest BCUT2D eigenvalue weighted by Crippen LogP contribution is 2.25. The zero-order valence-electron chi connectivity index (χ0n) is 14.7. The highest BCUT2D eigenvalue weighted by Gasteiger charge is 2.22. The first-order valence-electron chi connectivity index (χ1n) is 7.84. The Morgan fingerprint density at radius 3 is 2.52 bits per heavy atom. The van der Waals surface area contributed by atoms with E-state index in [1.54, 1.807) is 21.6 Å². The summed E-state index contributed by atoms with van der Waals surface area (Å²) in [6, 6.07) is 9.14. The van der Waals surface area contributed by atoms with Crippen LogP contribution in [0, 0.1) is 13.8 Å². The number of hydrogen-bond acceptors (Lipinski definition) is 4. The molecule has 3 aromatic rings. The van der Waals surface area contributed by atoms with Crippen molar-refractivity contribution >= 4 is 15.7 Å². The molecule has 0 saturated heterocycles. The third-order valence-electron chi connectivity index (χ3n) is 4.25. The standard InChI is InChI=1S/C17H21N5O2S/c1-13-17(14(2)20(3)19-13)12-22(25(4,23)24)16-8-5-7-15(11-16)21-10-6-9-18-21/h5-11H,12H2,1-4H3. The minimum atomic E-state index is -3.46. The minimum absolute atomic E-state index is 0.243. The van der Waals surface area contributed by atoms with Crippen LogP contribution < -0.4 is 4.31 Å². The molecule has 0 radical (unpaired) electrons. The first kappa shape index (κ1) is 17.2. The first-order valence-corrected chi connectivity index (χ1v) is 9.69. The Balaban J connectivity index is 2.04. The molecular formula is C17H21N5O2S. The maximum absolute atomic E-state index is 12.4. The summed E-state index contributed by atoms with van der Waals surface area (Å²) in [4.78, 5) is 0. The van der Waals surface area contributed by atoms with Crippen molar-refractivity contribution in [2.45, 2.75) is 20.4 Å². The lowest BCUT2D eigenvalue weighted by molar-refractivity contribution is 0.596. The molecule has 0 aliphatic heterocycles. The number of aryl methyl sites for hydroxylation is 2. The Bertz CT molecular complexity index is 990. The van der Waals surface area contributed by atoms with Crippen LogP contribution in [0.1, 0.15) is 17.0 Å². The minimum Gasteiger partial charge on any atom is -0.272 e. The molecule has 0 saturated carbocycles. The van der Waals surface area contributed by atoms with Crippen molar-refractivity contribution < 1.29 is 8.42 Å². The maximum Gasteiger partial charge on any atom is 0.232 e. The van der Waals surface area contributed by atoms with Crippen molar-refractivity contribution in [1.82, 2.24) is 19.6 Å². The van der Waals surface area contributed by atoms with E-state index in [9.17, 15) is 8.42 Å². The lowest BCUT2D eigenvalue weighted by Gasteiger charge is -2.23. The van der Waals surface area contributed by atoms with Gasteiger partial charge in [0.05, 0.1) is 29.9 Å². The molecule has 0 bridgehead atoms. The smallest absolute Gasteiger partial charge is 0.232 e. The summed E-state index contributed by atoms with van der Waals surface area (Å²) in [5, 5.41) is 8.58. The quantitative estimate of drug-likeness (QED) is 0.700. The van der Waals surface area contributed by atoms with E-state index < -0.39 is 10.0 Å². The van der Waals surface area contributed by atoms with E-state index >= 15 is 0 Å². The lowest BCUT2D eigenvalue weighted by Crippen LogP contribution is -2.29. The fourth-order valence-electron chi connectivity index (χ4n) is 2.80. The molecule has 3 rings (SSSR count). The van der Waals surface area contributed by atoms with Gasteiger partial charge in [-0.3, -0.25) is 8.99 Å². The maximum atomic E-state index is 12.4. The van der Waals surface area contributed by atoms with Crippen molar-refractivity contribution in [2.24, 2.45) is 7.05 Å². The lowest BCUT2D eigenvalue weighted by atomic mass is 10.2. The highest BCUT2D eigenvalue weighted by molar-refractivity contribution is 7.92. The van der Waals surface area contributed by atoms with Crippen LogP contribution in [0.15, 0.2) is 42.7 Å². The van der Waals surface area contributed by atoms with Gasteiger partial charge in [0.15, 0.2) is 0 Å². The molecule has 0 N–H and O–H groups in total. The largest absolute Gasteiger partial charge is 0.272 e. The summed E-state index contributed by atoms with van der Waals surface area (Å²) in [7, 11) is -1.60. The summed E-state index contributed by atoms with van der Waals surface area (Å²) >= 11 is 0. The Hall–Kier alpha value is -2.61. The third-order valence-corrected chi connectivity index (χ3v) is 5.39. The molecule has 0 fully saturated rings. The summed E-state index contributed by atoms with van der Waals surface area (Å²) in [5.74, 6) is 0. The van der Waals surface area contributed by atoms with Gasteiger partial charge in [-0.25, -0.2) is 13.1 Å². The van der Waals surface area contributed by atoms with E-state index in [1.807, 2.05) is 51.4 Å². The van der Waals surface area contributed by atoms with Gasteiger partial charge in [-0.1, -0.05) is 6.07 Å². The van der Waals surface area contributed by atoms with Crippen molar-refractivity contribution in [1.29, 1.82) is 0 Å². The molecule has 7 nitrogen and oxygen atoms in total. The summed E-state index contributed by atoms with van der Waals surface area (Å²) in [5.41, 5.74) is 4.10. The second-order valence-electron chi connectivity index (χ2n) is 6.01. The van der Waals surface area contributed by atoms with Crippen LogP contribution in [0.4, 0.5) is 5.69 Å². The predicted molar refractivity (Wildman–Crippen MR) is 97.3 cm³/mol. The molecule has 0 aliphatic carbocycles. The fourth-order valence-corrected chi connectivity index (χ4v) is 3.66. The van der Waals surface area contributed by atoms with Gasteiger partial charge in [0, 0.05) is 30.7 Å². The summed E-state index contributed by atoms with van der Waals surface area (Å²) < 4.78 is 29.7. The van der Waals surface area contributed by atoms with E-state index in [2.05, 4.69) is 10.2 Å². The molecule has 2 aromatic heterocycles. The van der Waals surface area contributed by atoms with Gasteiger partial charge in [0.2, 0.25) is 10.0 Å². The molecule has 132 valence electrons. The molecular weight excluding hydrogens is 338 g/mol. The van der Waals surface area contributed by atoms with Crippen LogP contribution in [0.2, 0.25) is 0 Å². The number of rotatable bonds is 5. The SMILES string of the molecule is Cc1nn(C)c(C)c1CN(c1cccc(-n2cccn2)c1)S(C)(=O)=O. The molecule has 1 aromatic carbocycles. The van der Waals surface area contributed by atoms with Gasteiger partial charge >= 0.3 is 0 Å². The van der Waals surface area contributed by atoms with Crippen LogP contribution >= 0.6 is 0 Å². The van der Waals surface area contributed by atoms with Crippen LogP contribution in [0.25, 0.3) is 5.69 Å². The predicted octanol–water partition coefficient (Wildman–Crippen LogP) is 2.19. The van der Waals surface area contributed by atoms with Crippen LogP contribution in [0.3, 0.4) is 0 Å². The fraction of sp³-hybridized carbons (Fsp3) is 0.294. The van der Waals surface area contributed by atoms with Gasteiger partial charge in [-0.05, 0) is 38.1 Å². The normalized spacial score (nSPS) is 11.7. The van der Waals surface area contributed by atoms with Crippen molar-refractivity contribution in [3.05, 3.63) is 59.7 Å². The van der Waals surface area contributed by atoms with Gasteiger partial charge in [-0.15, -0.1) is 0 Å². The average Bonchev–Trinajstić information content (AvgIpc) is 3.15. The van der Waals surface area contributed by atoms with Crippen molar-refractivity contribution in [3.63, 3.8) is 0 Å². The molecule has 0 atom stereocenters. The molecule has 0 aliphatic rings. The topological polar surface area (TPSA) is 73.0 Å². The zero-order chi connectivity index (χ0) is 18.2. The number of aromatic nitrogens is 4. The van der Waals surface area contributed by atoms with Crippen molar-refractivity contribution in [3.8, 4) is 5.69 Å². The Labute approximate surface area is 147 Å². The van der Waals surface area contributed by atoms with Crippen LogP contribution in [-0.2, 0) is 23.6 Å².